The first-order chi connectivity index (χ1) is 7.29. The first kappa shape index (κ1) is 9.17. The van der Waals surface area contributed by atoms with Crippen molar-refractivity contribution in [2.75, 3.05) is 0 Å². The zero-order valence-electron chi connectivity index (χ0n) is 8.76. The molecule has 0 aliphatic heterocycles. The standard InChI is InChI=1S/C13H13ClN/c1-15-11-7-3-2-5-9(11)13(14)10-6-4-8-12(10)15/h2-3,5,7H,4,6,8H2,1H3/q+1. The largest absolute Gasteiger partial charge is 0.213 e. The number of hydrogen-bond donors (Lipinski definition) is 0. The van der Waals surface area contributed by atoms with Gasteiger partial charge in [0, 0.05) is 18.1 Å². The van der Waals surface area contributed by atoms with Crippen LogP contribution in [0.3, 0.4) is 0 Å². The van der Waals surface area contributed by atoms with E-state index in [0.29, 0.717) is 0 Å². The summed E-state index contributed by atoms with van der Waals surface area (Å²) in [6, 6.07) is 8.37. The number of fused-ring (bicyclic) bond motifs is 2. The van der Waals surface area contributed by atoms with Crippen LogP contribution in [-0.4, -0.2) is 0 Å². The van der Waals surface area contributed by atoms with E-state index in [1.165, 1.54) is 28.6 Å². The van der Waals surface area contributed by atoms with E-state index in [9.17, 15) is 0 Å². The van der Waals surface area contributed by atoms with Crippen LogP contribution in [0.4, 0.5) is 0 Å². The van der Waals surface area contributed by atoms with Gasteiger partial charge in [-0.25, -0.2) is 0 Å². The van der Waals surface area contributed by atoms with Crippen LogP contribution < -0.4 is 4.57 Å². The Hall–Kier alpha value is -1.08. The molecule has 0 atom stereocenters. The SMILES string of the molecule is C[n+]1c2c(c(Cl)c3ccccc31)CCC2. The van der Waals surface area contributed by atoms with E-state index in [2.05, 4.69) is 35.9 Å². The topological polar surface area (TPSA) is 3.88 Å². The normalized spacial score (nSPS) is 14.5. The quantitative estimate of drug-likeness (QED) is 0.599. The van der Waals surface area contributed by atoms with E-state index in [-0.39, 0.29) is 0 Å². The van der Waals surface area contributed by atoms with Gasteiger partial charge in [0.2, 0.25) is 5.52 Å². The first-order valence-electron chi connectivity index (χ1n) is 5.37. The Morgan fingerprint density at radius 1 is 1.20 bits per heavy atom. The molecule has 0 N–H and O–H groups in total. The Bertz CT molecular complexity index is 497. The zero-order valence-corrected chi connectivity index (χ0v) is 9.51. The summed E-state index contributed by atoms with van der Waals surface area (Å²) in [5.74, 6) is 0. The Balaban J connectivity index is 2.51. The van der Waals surface area contributed by atoms with Crippen molar-refractivity contribution in [3.05, 3.63) is 40.5 Å². The highest BCUT2D eigenvalue weighted by Gasteiger charge is 2.26. The number of pyridine rings is 1. The van der Waals surface area contributed by atoms with Gasteiger partial charge in [-0.2, -0.15) is 4.57 Å². The van der Waals surface area contributed by atoms with Gasteiger partial charge in [-0.05, 0) is 18.9 Å². The number of para-hydroxylation sites is 1. The number of nitrogens with zero attached hydrogens (tertiary/aromatic N) is 1. The Morgan fingerprint density at radius 3 is 2.87 bits per heavy atom. The average molecular weight is 219 g/mol. The van der Waals surface area contributed by atoms with Crippen molar-refractivity contribution < 1.29 is 4.57 Å². The fourth-order valence-electron chi connectivity index (χ4n) is 2.59. The number of hydrogen-bond acceptors (Lipinski definition) is 0. The molecular weight excluding hydrogens is 206 g/mol. The smallest absolute Gasteiger partial charge is 0.198 e. The number of aromatic nitrogens is 1. The van der Waals surface area contributed by atoms with Crippen molar-refractivity contribution in [1.29, 1.82) is 0 Å². The summed E-state index contributed by atoms with van der Waals surface area (Å²) in [6.07, 6.45) is 3.53. The molecule has 0 spiro atoms. The Kier molecular flexibility index (Phi) is 1.96. The Morgan fingerprint density at radius 2 is 2.00 bits per heavy atom. The minimum atomic E-state index is 0.969. The summed E-state index contributed by atoms with van der Waals surface area (Å²) < 4.78 is 2.30. The van der Waals surface area contributed by atoms with Gasteiger partial charge >= 0.3 is 0 Å². The molecular formula is C13H13ClN+. The number of halogens is 1. The van der Waals surface area contributed by atoms with E-state index < -0.39 is 0 Å². The molecule has 0 fully saturated rings. The second kappa shape index (κ2) is 3.21. The van der Waals surface area contributed by atoms with Crippen molar-refractivity contribution in [3.63, 3.8) is 0 Å². The van der Waals surface area contributed by atoms with E-state index in [1.807, 2.05) is 0 Å². The predicted octanol–water partition coefficient (Wildman–Crippen LogP) is 2.81. The molecule has 3 rings (SSSR count). The molecule has 0 saturated carbocycles. The maximum Gasteiger partial charge on any atom is 0.213 e. The van der Waals surface area contributed by atoms with Gasteiger partial charge in [-0.3, -0.25) is 0 Å². The summed E-state index contributed by atoms with van der Waals surface area (Å²) in [7, 11) is 2.14. The molecule has 1 aliphatic carbocycles. The van der Waals surface area contributed by atoms with Crippen molar-refractivity contribution in [2.24, 2.45) is 7.05 Å². The molecule has 0 bridgehead atoms. The molecule has 76 valence electrons. The highest BCUT2D eigenvalue weighted by Crippen LogP contribution is 2.31. The summed E-state index contributed by atoms with van der Waals surface area (Å²) in [5, 5.41) is 2.15. The minimum absolute atomic E-state index is 0.969. The van der Waals surface area contributed by atoms with Crippen LogP contribution in [0.2, 0.25) is 5.02 Å². The summed E-state index contributed by atoms with van der Waals surface area (Å²) in [4.78, 5) is 0. The van der Waals surface area contributed by atoms with Gasteiger partial charge < -0.3 is 0 Å². The molecule has 1 aliphatic rings. The third kappa shape index (κ3) is 1.19. The van der Waals surface area contributed by atoms with Gasteiger partial charge in [0.15, 0.2) is 5.69 Å². The number of benzene rings is 1. The molecule has 2 aromatic rings. The average Bonchev–Trinajstić information content (AvgIpc) is 2.75. The second-order valence-corrected chi connectivity index (χ2v) is 4.55. The third-order valence-electron chi connectivity index (χ3n) is 3.36. The van der Waals surface area contributed by atoms with Gasteiger partial charge in [0.1, 0.15) is 7.05 Å². The van der Waals surface area contributed by atoms with Crippen molar-refractivity contribution >= 4 is 22.5 Å². The van der Waals surface area contributed by atoms with Gasteiger partial charge in [0.05, 0.1) is 10.4 Å². The number of aryl methyl sites for hydroxylation is 1. The monoisotopic (exact) mass is 218 g/mol. The highest BCUT2D eigenvalue weighted by atomic mass is 35.5. The third-order valence-corrected chi connectivity index (χ3v) is 3.79. The molecule has 1 aromatic carbocycles. The maximum atomic E-state index is 6.45. The first-order valence-corrected chi connectivity index (χ1v) is 5.75. The van der Waals surface area contributed by atoms with Gasteiger partial charge in [0.25, 0.3) is 0 Å². The lowest BCUT2D eigenvalue weighted by Crippen LogP contribution is -2.34. The van der Waals surface area contributed by atoms with E-state index in [0.717, 1.165) is 17.9 Å². The van der Waals surface area contributed by atoms with Crippen LogP contribution in [-0.2, 0) is 19.9 Å². The molecule has 2 heteroatoms. The van der Waals surface area contributed by atoms with Crippen molar-refractivity contribution in [3.8, 4) is 0 Å². The fourth-order valence-corrected chi connectivity index (χ4v) is 2.96. The summed E-state index contributed by atoms with van der Waals surface area (Å²) in [6.45, 7) is 0. The summed E-state index contributed by atoms with van der Waals surface area (Å²) >= 11 is 6.45. The van der Waals surface area contributed by atoms with Gasteiger partial charge in [-0.1, -0.05) is 23.7 Å². The molecule has 0 amide bonds. The van der Waals surface area contributed by atoms with Crippen LogP contribution in [0.25, 0.3) is 10.9 Å². The summed E-state index contributed by atoms with van der Waals surface area (Å²) in [5.41, 5.74) is 4.01. The lowest BCUT2D eigenvalue weighted by atomic mass is 10.1. The fraction of sp³-hybridized carbons (Fsp3) is 0.308. The lowest BCUT2D eigenvalue weighted by molar-refractivity contribution is -0.652. The molecule has 1 heterocycles. The van der Waals surface area contributed by atoms with Crippen molar-refractivity contribution in [2.45, 2.75) is 19.3 Å². The van der Waals surface area contributed by atoms with E-state index in [1.54, 1.807) is 0 Å². The zero-order chi connectivity index (χ0) is 10.4. The predicted molar refractivity (Wildman–Crippen MR) is 62.2 cm³/mol. The van der Waals surface area contributed by atoms with Crippen LogP contribution >= 0.6 is 11.6 Å². The lowest BCUT2D eigenvalue weighted by Gasteiger charge is -2.05. The molecule has 0 unspecified atom stereocenters. The van der Waals surface area contributed by atoms with Crippen LogP contribution in [0, 0.1) is 0 Å². The Labute approximate surface area is 94.3 Å². The maximum absolute atomic E-state index is 6.45. The number of rotatable bonds is 0. The van der Waals surface area contributed by atoms with Crippen LogP contribution in [0.15, 0.2) is 24.3 Å². The van der Waals surface area contributed by atoms with Crippen molar-refractivity contribution in [1.82, 2.24) is 0 Å². The van der Waals surface area contributed by atoms with Crippen LogP contribution in [0.5, 0.6) is 0 Å². The molecule has 0 saturated heterocycles. The van der Waals surface area contributed by atoms with Gasteiger partial charge in [-0.15, -0.1) is 0 Å². The van der Waals surface area contributed by atoms with E-state index in [4.69, 9.17) is 11.6 Å². The minimum Gasteiger partial charge on any atom is -0.198 e. The molecule has 1 nitrogen and oxygen atoms in total. The highest BCUT2D eigenvalue weighted by molar-refractivity contribution is 6.36. The van der Waals surface area contributed by atoms with E-state index >= 15 is 0 Å². The molecule has 1 aromatic heterocycles. The second-order valence-electron chi connectivity index (χ2n) is 4.17. The molecule has 15 heavy (non-hydrogen) atoms. The molecule has 0 radical (unpaired) electrons. The van der Waals surface area contributed by atoms with Crippen LogP contribution in [0.1, 0.15) is 17.7 Å².